The van der Waals surface area contributed by atoms with Crippen LogP contribution in [0.2, 0.25) is 0 Å². The number of sulfonamides is 1. The van der Waals surface area contributed by atoms with Crippen LogP contribution in [0.15, 0.2) is 29.2 Å². The van der Waals surface area contributed by atoms with Gasteiger partial charge in [-0.15, -0.1) is 12.4 Å². The third-order valence-corrected chi connectivity index (χ3v) is 6.06. The molecular weight excluding hydrogens is 362 g/mol. The zero-order valence-electron chi connectivity index (χ0n) is 14.8. The molecule has 8 heteroatoms. The van der Waals surface area contributed by atoms with Crippen LogP contribution >= 0.6 is 12.4 Å². The SMILES string of the molecule is CC(N)CC(=O)NCc1ccc(S(=O)(=O)N2CCCC(C)C2)cc1.Cl. The Labute approximate surface area is 156 Å². The van der Waals surface area contributed by atoms with E-state index < -0.39 is 10.0 Å². The number of rotatable bonds is 6. The summed E-state index contributed by atoms with van der Waals surface area (Å²) in [4.78, 5) is 11.9. The minimum Gasteiger partial charge on any atom is -0.352 e. The van der Waals surface area contributed by atoms with Crippen LogP contribution in [0, 0.1) is 5.92 Å². The van der Waals surface area contributed by atoms with Crippen molar-refractivity contribution in [1.82, 2.24) is 9.62 Å². The van der Waals surface area contributed by atoms with E-state index in [0.29, 0.717) is 30.4 Å². The number of nitrogens with two attached hydrogens (primary N) is 1. The lowest BCUT2D eigenvalue weighted by Gasteiger charge is -2.30. The summed E-state index contributed by atoms with van der Waals surface area (Å²) in [6.45, 7) is 5.39. The molecule has 1 heterocycles. The molecule has 1 aromatic carbocycles. The number of nitrogens with zero attached hydrogens (tertiary/aromatic N) is 1. The Bertz CT molecular complexity index is 662. The fraction of sp³-hybridized carbons (Fsp3) is 0.588. The second-order valence-electron chi connectivity index (χ2n) is 6.71. The van der Waals surface area contributed by atoms with Crippen LogP contribution in [0.1, 0.15) is 38.7 Å². The second kappa shape index (κ2) is 9.52. The Morgan fingerprint density at radius 1 is 1.36 bits per heavy atom. The average Bonchev–Trinajstić information content (AvgIpc) is 2.53. The van der Waals surface area contributed by atoms with Crippen LogP contribution in [0.25, 0.3) is 0 Å². The number of hydrogen-bond acceptors (Lipinski definition) is 4. The quantitative estimate of drug-likeness (QED) is 0.776. The number of hydrogen-bond donors (Lipinski definition) is 2. The first kappa shape index (κ1) is 21.9. The summed E-state index contributed by atoms with van der Waals surface area (Å²) in [5.41, 5.74) is 6.44. The Balaban J connectivity index is 0.00000312. The number of nitrogens with one attached hydrogen (secondary N) is 1. The summed E-state index contributed by atoms with van der Waals surface area (Å²) < 4.78 is 26.9. The lowest BCUT2D eigenvalue weighted by Crippen LogP contribution is -2.39. The molecule has 0 saturated carbocycles. The summed E-state index contributed by atoms with van der Waals surface area (Å²) >= 11 is 0. The van der Waals surface area contributed by atoms with Gasteiger partial charge in [0.1, 0.15) is 0 Å². The van der Waals surface area contributed by atoms with Crippen molar-refractivity contribution in [2.24, 2.45) is 11.7 Å². The van der Waals surface area contributed by atoms with Gasteiger partial charge in [-0.05, 0) is 43.4 Å². The normalized spacial score (nSPS) is 19.7. The Morgan fingerprint density at radius 3 is 2.56 bits per heavy atom. The maximum Gasteiger partial charge on any atom is 0.243 e. The summed E-state index contributed by atoms with van der Waals surface area (Å²) in [5, 5.41) is 2.78. The highest BCUT2D eigenvalue weighted by atomic mass is 35.5. The van der Waals surface area contributed by atoms with Gasteiger partial charge in [0.2, 0.25) is 15.9 Å². The van der Waals surface area contributed by atoms with Crippen LogP contribution in [0.3, 0.4) is 0 Å². The van der Waals surface area contributed by atoms with Gasteiger partial charge < -0.3 is 11.1 Å². The molecular formula is C17H28ClN3O3S. The first-order valence-corrected chi connectivity index (χ1v) is 9.84. The molecule has 1 saturated heterocycles. The molecule has 2 unspecified atom stereocenters. The molecule has 0 bridgehead atoms. The fourth-order valence-corrected chi connectivity index (χ4v) is 4.46. The monoisotopic (exact) mass is 389 g/mol. The van der Waals surface area contributed by atoms with Gasteiger partial charge in [0.05, 0.1) is 4.90 Å². The van der Waals surface area contributed by atoms with Crippen LogP contribution in [0.5, 0.6) is 0 Å². The van der Waals surface area contributed by atoms with E-state index in [-0.39, 0.29) is 30.8 Å². The van der Waals surface area contributed by atoms with Crippen molar-refractivity contribution in [2.75, 3.05) is 13.1 Å². The molecule has 1 aliphatic heterocycles. The largest absolute Gasteiger partial charge is 0.352 e. The zero-order valence-corrected chi connectivity index (χ0v) is 16.4. The molecule has 142 valence electrons. The molecule has 2 atom stereocenters. The van der Waals surface area contributed by atoms with E-state index in [1.807, 2.05) is 0 Å². The molecule has 25 heavy (non-hydrogen) atoms. The van der Waals surface area contributed by atoms with E-state index in [1.54, 1.807) is 35.5 Å². The van der Waals surface area contributed by atoms with Gasteiger partial charge in [0.25, 0.3) is 0 Å². The molecule has 1 amide bonds. The van der Waals surface area contributed by atoms with Crippen molar-refractivity contribution in [1.29, 1.82) is 0 Å². The number of piperidine rings is 1. The molecule has 6 nitrogen and oxygen atoms in total. The van der Waals surface area contributed by atoms with Crippen LogP contribution in [-0.2, 0) is 21.4 Å². The van der Waals surface area contributed by atoms with Gasteiger partial charge in [-0.25, -0.2) is 8.42 Å². The van der Waals surface area contributed by atoms with E-state index in [2.05, 4.69) is 12.2 Å². The number of carbonyl (C=O) groups is 1. The Hall–Kier alpha value is -1.15. The fourth-order valence-electron chi connectivity index (χ4n) is 2.86. The number of halogens is 1. The highest BCUT2D eigenvalue weighted by molar-refractivity contribution is 7.89. The second-order valence-corrected chi connectivity index (χ2v) is 8.65. The van der Waals surface area contributed by atoms with E-state index >= 15 is 0 Å². The molecule has 1 aliphatic rings. The van der Waals surface area contributed by atoms with Crippen LogP contribution in [-0.4, -0.2) is 37.8 Å². The summed E-state index contributed by atoms with van der Waals surface area (Å²) in [6, 6.07) is 6.53. The highest BCUT2D eigenvalue weighted by Crippen LogP contribution is 2.23. The summed E-state index contributed by atoms with van der Waals surface area (Å²) in [5.74, 6) is 0.289. The molecule has 0 aromatic heterocycles. The van der Waals surface area contributed by atoms with Crippen molar-refractivity contribution in [3.63, 3.8) is 0 Å². The molecule has 0 radical (unpaired) electrons. The number of carbonyl (C=O) groups excluding carboxylic acids is 1. The van der Waals surface area contributed by atoms with Crippen molar-refractivity contribution in [3.05, 3.63) is 29.8 Å². The third-order valence-electron chi connectivity index (χ3n) is 4.18. The van der Waals surface area contributed by atoms with E-state index in [0.717, 1.165) is 18.4 Å². The molecule has 2 rings (SSSR count). The van der Waals surface area contributed by atoms with Crippen molar-refractivity contribution in [3.8, 4) is 0 Å². The number of benzene rings is 1. The van der Waals surface area contributed by atoms with Gasteiger partial charge >= 0.3 is 0 Å². The molecule has 1 fully saturated rings. The Morgan fingerprint density at radius 2 is 2.00 bits per heavy atom. The first-order valence-electron chi connectivity index (χ1n) is 8.40. The molecule has 0 aliphatic carbocycles. The summed E-state index contributed by atoms with van der Waals surface area (Å²) in [6.07, 6.45) is 2.26. The summed E-state index contributed by atoms with van der Waals surface area (Å²) in [7, 11) is -3.43. The predicted octanol–water partition coefficient (Wildman–Crippen LogP) is 1.88. The van der Waals surface area contributed by atoms with Gasteiger partial charge in [-0.3, -0.25) is 4.79 Å². The van der Waals surface area contributed by atoms with Crippen molar-refractivity contribution >= 4 is 28.3 Å². The van der Waals surface area contributed by atoms with Gasteiger partial charge in [-0.2, -0.15) is 4.31 Å². The van der Waals surface area contributed by atoms with Gasteiger partial charge in [0, 0.05) is 32.1 Å². The molecule has 0 spiro atoms. The van der Waals surface area contributed by atoms with Gasteiger partial charge in [-0.1, -0.05) is 19.1 Å². The third kappa shape index (κ3) is 6.26. The Kier molecular flexibility index (Phi) is 8.34. The lowest BCUT2D eigenvalue weighted by atomic mass is 10.0. The highest BCUT2D eigenvalue weighted by Gasteiger charge is 2.28. The first-order chi connectivity index (χ1) is 11.3. The van der Waals surface area contributed by atoms with Crippen LogP contribution in [0.4, 0.5) is 0 Å². The van der Waals surface area contributed by atoms with Crippen molar-refractivity contribution < 1.29 is 13.2 Å². The van der Waals surface area contributed by atoms with Gasteiger partial charge in [0.15, 0.2) is 0 Å². The average molecular weight is 390 g/mol. The van der Waals surface area contributed by atoms with Crippen molar-refractivity contribution in [2.45, 2.75) is 50.6 Å². The van der Waals surface area contributed by atoms with Crippen LogP contribution < -0.4 is 11.1 Å². The van der Waals surface area contributed by atoms with E-state index in [9.17, 15) is 13.2 Å². The number of amides is 1. The smallest absolute Gasteiger partial charge is 0.243 e. The standard InChI is InChI=1S/C17H27N3O3S.ClH/c1-13-4-3-9-20(12-13)24(22,23)16-7-5-15(6-8-16)11-19-17(21)10-14(2)18;/h5-8,13-14H,3-4,9-12,18H2,1-2H3,(H,19,21);1H. The minimum absolute atomic E-state index is 0. The zero-order chi connectivity index (χ0) is 17.7. The minimum atomic E-state index is -3.43. The maximum absolute atomic E-state index is 12.7. The maximum atomic E-state index is 12.7. The van der Waals surface area contributed by atoms with E-state index in [1.165, 1.54) is 0 Å². The topological polar surface area (TPSA) is 92.5 Å². The van der Waals surface area contributed by atoms with E-state index in [4.69, 9.17) is 5.73 Å². The lowest BCUT2D eigenvalue weighted by molar-refractivity contribution is -0.121. The predicted molar refractivity (Wildman–Crippen MR) is 101 cm³/mol. The molecule has 1 aromatic rings. The molecule has 3 N–H and O–H groups in total.